The van der Waals surface area contributed by atoms with Crippen molar-refractivity contribution in [1.82, 2.24) is 10.3 Å². The van der Waals surface area contributed by atoms with E-state index in [4.69, 9.17) is 34.8 Å². The number of rotatable bonds is 3. The number of nitrogens with zero attached hydrogens (tertiary/aromatic N) is 1. The largest absolute Gasteiger partial charge is 0.348 e. The maximum Gasteiger partial charge on any atom is 0.253 e. The molecule has 1 aromatic carbocycles. The van der Waals surface area contributed by atoms with E-state index in [2.05, 4.69) is 10.3 Å². The first kappa shape index (κ1) is 14.1. The minimum Gasteiger partial charge on any atom is -0.348 e. The third-order valence-corrected chi connectivity index (χ3v) is 3.34. The van der Waals surface area contributed by atoms with Gasteiger partial charge >= 0.3 is 0 Å². The van der Waals surface area contributed by atoms with Crippen LogP contribution in [-0.2, 0) is 6.54 Å². The Morgan fingerprint density at radius 1 is 1.16 bits per heavy atom. The van der Waals surface area contributed by atoms with Gasteiger partial charge in [-0.1, -0.05) is 53.0 Å². The van der Waals surface area contributed by atoms with Crippen LogP contribution in [0.15, 0.2) is 36.5 Å². The van der Waals surface area contributed by atoms with Crippen LogP contribution in [0.25, 0.3) is 0 Å². The number of hydrogen-bond acceptors (Lipinski definition) is 2. The molecular formula is C13H9Cl3N2O. The van der Waals surface area contributed by atoms with E-state index >= 15 is 0 Å². The molecule has 0 saturated heterocycles. The summed E-state index contributed by atoms with van der Waals surface area (Å²) in [6.07, 6.45) is 1.34. The standard InChI is InChI=1S/C13H9Cl3N2O/c14-10-4-2-1-3-8(10)6-18-13(19)9-5-12(16)17-7-11(9)15/h1-5,7H,6H2,(H,18,19). The predicted molar refractivity (Wildman–Crippen MR) is 76.9 cm³/mol. The van der Waals surface area contributed by atoms with Crippen molar-refractivity contribution >= 4 is 40.7 Å². The Hall–Kier alpha value is -1.29. The number of halogens is 3. The fourth-order valence-electron chi connectivity index (χ4n) is 1.50. The van der Waals surface area contributed by atoms with Gasteiger partial charge < -0.3 is 5.32 Å². The van der Waals surface area contributed by atoms with Crippen molar-refractivity contribution in [1.29, 1.82) is 0 Å². The SMILES string of the molecule is O=C(NCc1ccccc1Cl)c1cc(Cl)ncc1Cl. The second-order valence-corrected chi connectivity index (χ2v) is 4.96. The summed E-state index contributed by atoms with van der Waals surface area (Å²) in [5.41, 5.74) is 1.11. The van der Waals surface area contributed by atoms with Gasteiger partial charge in [0.25, 0.3) is 5.91 Å². The maximum absolute atomic E-state index is 12.0. The van der Waals surface area contributed by atoms with Gasteiger partial charge in [-0.25, -0.2) is 4.98 Å². The molecule has 1 aromatic heterocycles. The molecule has 19 heavy (non-hydrogen) atoms. The molecule has 3 nitrogen and oxygen atoms in total. The average Bonchev–Trinajstić information content (AvgIpc) is 2.40. The molecule has 0 aliphatic heterocycles. The molecule has 0 radical (unpaired) electrons. The zero-order valence-corrected chi connectivity index (χ0v) is 11.9. The van der Waals surface area contributed by atoms with Crippen molar-refractivity contribution in [2.75, 3.05) is 0 Å². The molecule has 2 aromatic rings. The van der Waals surface area contributed by atoms with Gasteiger partial charge in [0.2, 0.25) is 0 Å². The highest BCUT2D eigenvalue weighted by molar-refractivity contribution is 6.35. The van der Waals surface area contributed by atoms with Gasteiger partial charge in [0.1, 0.15) is 5.15 Å². The van der Waals surface area contributed by atoms with Crippen LogP contribution in [0.5, 0.6) is 0 Å². The summed E-state index contributed by atoms with van der Waals surface area (Å²) >= 11 is 17.6. The Kier molecular flexibility index (Phi) is 4.64. The third kappa shape index (κ3) is 3.60. The highest BCUT2D eigenvalue weighted by Gasteiger charge is 2.11. The molecule has 1 N–H and O–H groups in total. The van der Waals surface area contributed by atoms with E-state index in [9.17, 15) is 4.79 Å². The fraction of sp³-hybridized carbons (Fsp3) is 0.0769. The van der Waals surface area contributed by atoms with E-state index in [0.29, 0.717) is 11.6 Å². The van der Waals surface area contributed by atoms with Gasteiger partial charge in [-0.15, -0.1) is 0 Å². The second-order valence-electron chi connectivity index (χ2n) is 3.76. The van der Waals surface area contributed by atoms with Crippen LogP contribution in [0.1, 0.15) is 15.9 Å². The molecule has 98 valence electrons. The highest BCUT2D eigenvalue weighted by atomic mass is 35.5. The first-order valence-corrected chi connectivity index (χ1v) is 6.54. The summed E-state index contributed by atoms with van der Waals surface area (Å²) in [5, 5.41) is 3.79. The Morgan fingerprint density at radius 3 is 2.63 bits per heavy atom. The van der Waals surface area contributed by atoms with E-state index in [1.807, 2.05) is 18.2 Å². The monoisotopic (exact) mass is 314 g/mol. The minimum absolute atomic E-state index is 0.215. The molecule has 1 amide bonds. The number of aromatic nitrogens is 1. The molecule has 0 atom stereocenters. The van der Waals surface area contributed by atoms with Crippen LogP contribution in [0.3, 0.4) is 0 Å². The molecule has 0 fully saturated rings. The Morgan fingerprint density at radius 2 is 1.89 bits per heavy atom. The number of benzene rings is 1. The molecule has 0 unspecified atom stereocenters. The van der Waals surface area contributed by atoms with Crippen molar-refractivity contribution in [2.45, 2.75) is 6.54 Å². The van der Waals surface area contributed by atoms with Crippen LogP contribution >= 0.6 is 34.8 Å². The molecular weight excluding hydrogens is 307 g/mol. The minimum atomic E-state index is -0.325. The Labute approximate surface area is 125 Å². The molecule has 1 heterocycles. The lowest BCUT2D eigenvalue weighted by atomic mass is 10.2. The van der Waals surface area contributed by atoms with Crippen LogP contribution in [0, 0.1) is 0 Å². The van der Waals surface area contributed by atoms with Gasteiger partial charge in [0, 0.05) is 17.8 Å². The van der Waals surface area contributed by atoms with Gasteiger partial charge in [-0.2, -0.15) is 0 Å². The summed E-state index contributed by atoms with van der Waals surface area (Å²) in [4.78, 5) is 15.8. The Balaban J connectivity index is 2.10. The van der Waals surface area contributed by atoms with Gasteiger partial charge in [-0.05, 0) is 17.7 Å². The number of carbonyl (C=O) groups excluding carboxylic acids is 1. The molecule has 0 spiro atoms. The van der Waals surface area contributed by atoms with Crippen molar-refractivity contribution in [3.05, 3.63) is 62.9 Å². The number of nitrogens with one attached hydrogen (secondary N) is 1. The zero-order chi connectivity index (χ0) is 13.8. The van der Waals surface area contributed by atoms with Gasteiger partial charge in [0.15, 0.2) is 0 Å². The zero-order valence-electron chi connectivity index (χ0n) is 9.66. The smallest absolute Gasteiger partial charge is 0.253 e. The van der Waals surface area contributed by atoms with Crippen LogP contribution in [-0.4, -0.2) is 10.9 Å². The number of amides is 1. The number of hydrogen-bond donors (Lipinski definition) is 1. The van der Waals surface area contributed by atoms with E-state index in [0.717, 1.165) is 5.56 Å². The van der Waals surface area contributed by atoms with E-state index in [1.54, 1.807) is 6.07 Å². The quantitative estimate of drug-likeness (QED) is 0.871. The lowest BCUT2D eigenvalue weighted by Crippen LogP contribution is -2.23. The summed E-state index contributed by atoms with van der Waals surface area (Å²) in [5.74, 6) is -0.325. The molecule has 0 aliphatic rings. The summed E-state index contributed by atoms with van der Waals surface area (Å²) in [6, 6.07) is 8.70. The van der Waals surface area contributed by atoms with Crippen molar-refractivity contribution < 1.29 is 4.79 Å². The normalized spacial score (nSPS) is 10.3. The molecule has 0 bridgehead atoms. The first-order chi connectivity index (χ1) is 9.08. The van der Waals surface area contributed by atoms with E-state index in [1.165, 1.54) is 12.3 Å². The second kappa shape index (κ2) is 6.24. The summed E-state index contributed by atoms with van der Waals surface area (Å²) < 4.78 is 0. The molecule has 0 aliphatic carbocycles. The molecule has 0 saturated carbocycles. The topological polar surface area (TPSA) is 42.0 Å². The number of carbonyl (C=O) groups is 1. The van der Waals surface area contributed by atoms with Gasteiger partial charge in [-0.3, -0.25) is 4.79 Å². The molecule has 6 heteroatoms. The van der Waals surface area contributed by atoms with Crippen LogP contribution < -0.4 is 5.32 Å². The first-order valence-electron chi connectivity index (χ1n) is 5.40. The Bertz CT molecular complexity index is 617. The van der Waals surface area contributed by atoms with Crippen molar-refractivity contribution in [3.63, 3.8) is 0 Å². The predicted octanol–water partition coefficient (Wildman–Crippen LogP) is 3.97. The van der Waals surface area contributed by atoms with Crippen molar-refractivity contribution in [3.8, 4) is 0 Å². The lowest BCUT2D eigenvalue weighted by molar-refractivity contribution is 0.0951. The highest BCUT2D eigenvalue weighted by Crippen LogP contribution is 2.19. The van der Waals surface area contributed by atoms with Crippen LogP contribution in [0.2, 0.25) is 15.2 Å². The molecule has 2 rings (SSSR count). The maximum atomic E-state index is 12.0. The third-order valence-electron chi connectivity index (χ3n) is 2.46. The fourth-order valence-corrected chi connectivity index (χ4v) is 2.05. The van der Waals surface area contributed by atoms with E-state index < -0.39 is 0 Å². The summed E-state index contributed by atoms with van der Waals surface area (Å²) in [6.45, 7) is 0.314. The van der Waals surface area contributed by atoms with Crippen LogP contribution in [0.4, 0.5) is 0 Å². The van der Waals surface area contributed by atoms with E-state index in [-0.39, 0.29) is 21.6 Å². The number of pyridine rings is 1. The average molecular weight is 316 g/mol. The van der Waals surface area contributed by atoms with Gasteiger partial charge in [0.05, 0.1) is 10.6 Å². The summed E-state index contributed by atoms with van der Waals surface area (Å²) in [7, 11) is 0. The van der Waals surface area contributed by atoms with Crippen molar-refractivity contribution in [2.24, 2.45) is 0 Å². The lowest BCUT2D eigenvalue weighted by Gasteiger charge is -2.08.